The summed E-state index contributed by atoms with van der Waals surface area (Å²) in [6.45, 7) is 0. The molecular weight excluding hydrogens is 144 g/mol. The molecule has 0 aromatic carbocycles. The van der Waals surface area contributed by atoms with Gasteiger partial charge in [0.25, 0.3) is 0 Å². The van der Waals surface area contributed by atoms with E-state index in [0.717, 1.165) is 6.42 Å². The molecule has 1 aliphatic heterocycles. The molecule has 0 aromatic rings. The highest BCUT2D eigenvalue weighted by molar-refractivity contribution is 5.73. The van der Waals surface area contributed by atoms with Gasteiger partial charge in [-0.15, -0.1) is 0 Å². The number of nitrogens with one attached hydrogen (secondary N) is 1. The third-order valence-corrected chi connectivity index (χ3v) is 1.73. The third-order valence-electron chi connectivity index (χ3n) is 1.73. The van der Waals surface area contributed by atoms with Crippen LogP contribution in [0.4, 0.5) is 0 Å². The molecule has 0 amide bonds. The molecule has 0 spiro atoms. The predicted octanol–water partition coefficient (Wildman–Crippen LogP) is -0.336. The summed E-state index contributed by atoms with van der Waals surface area (Å²) in [6, 6.07) is -0.534. The molecule has 11 heavy (non-hydrogen) atoms. The first-order valence-corrected chi connectivity index (χ1v) is 3.59. The molecule has 0 saturated heterocycles. The summed E-state index contributed by atoms with van der Waals surface area (Å²) in [5, 5.41) is 11.5. The maximum Gasteiger partial charge on any atom is 0.320 e. The smallest absolute Gasteiger partial charge is 0.320 e. The normalized spacial score (nSPS) is 24.6. The van der Waals surface area contributed by atoms with Crippen molar-refractivity contribution in [1.82, 2.24) is 5.32 Å². The molecule has 1 heterocycles. The van der Waals surface area contributed by atoms with Crippen LogP contribution in [0.25, 0.3) is 0 Å². The molecule has 0 aromatic heterocycles. The summed E-state index contributed by atoms with van der Waals surface area (Å²) >= 11 is 0. The van der Waals surface area contributed by atoms with Crippen LogP contribution in [0.3, 0.4) is 0 Å². The fourth-order valence-corrected chi connectivity index (χ4v) is 1.08. The average molecular weight is 156 g/mol. The molecule has 62 valence electrons. The first-order chi connectivity index (χ1) is 5.20. The van der Waals surface area contributed by atoms with Gasteiger partial charge in [-0.3, -0.25) is 4.79 Å². The van der Waals surface area contributed by atoms with Crippen molar-refractivity contribution in [3.8, 4) is 0 Å². The van der Waals surface area contributed by atoms with Gasteiger partial charge in [0, 0.05) is 6.04 Å². The maximum atomic E-state index is 10.3. The predicted molar refractivity (Wildman–Crippen MR) is 40.9 cm³/mol. The molecule has 2 atom stereocenters. The van der Waals surface area contributed by atoms with Gasteiger partial charge in [0.05, 0.1) is 0 Å². The van der Waals surface area contributed by atoms with E-state index >= 15 is 0 Å². The first-order valence-electron chi connectivity index (χ1n) is 3.59. The van der Waals surface area contributed by atoms with E-state index in [9.17, 15) is 4.79 Å². The lowest BCUT2D eigenvalue weighted by Gasteiger charge is -2.13. The summed E-state index contributed by atoms with van der Waals surface area (Å²) in [4.78, 5) is 10.3. The number of carboxylic acids is 1. The summed E-state index contributed by atoms with van der Waals surface area (Å²) < 4.78 is 0. The monoisotopic (exact) mass is 156 g/mol. The highest BCUT2D eigenvalue weighted by Gasteiger charge is 2.18. The molecule has 1 rings (SSSR count). The lowest BCUT2D eigenvalue weighted by Crippen LogP contribution is -2.36. The minimum absolute atomic E-state index is 0.209. The summed E-state index contributed by atoms with van der Waals surface area (Å²) in [5.74, 6) is -0.932. The Bertz CT molecular complexity index is 171. The van der Waals surface area contributed by atoms with Crippen molar-refractivity contribution in [3.05, 3.63) is 12.3 Å². The van der Waals surface area contributed by atoms with E-state index in [1.807, 2.05) is 12.3 Å². The van der Waals surface area contributed by atoms with Crippen molar-refractivity contribution >= 4 is 5.97 Å². The van der Waals surface area contributed by atoms with Gasteiger partial charge in [-0.2, -0.15) is 0 Å². The van der Waals surface area contributed by atoms with Gasteiger partial charge in [0.1, 0.15) is 6.04 Å². The SMILES string of the molecule is NC(CC1CC=CN1)C(=O)O. The number of carbonyl (C=O) groups is 1. The minimum Gasteiger partial charge on any atom is -0.480 e. The Labute approximate surface area is 65.1 Å². The van der Waals surface area contributed by atoms with Crippen LogP contribution in [0.2, 0.25) is 0 Å². The Hall–Kier alpha value is -1.03. The van der Waals surface area contributed by atoms with Crippen LogP contribution in [0.5, 0.6) is 0 Å². The first kappa shape index (κ1) is 8.07. The minimum atomic E-state index is -0.932. The van der Waals surface area contributed by atoms with E-state index in [1.165, 1.54) is 0 Å². The van der Waals surface area contributed by atoms with Crippen molar-refractivity contribution < 1.29 is 9.90 Å². The number of hydrogen-bond acceptors (Lipinski definition) is 3. The van der Waals surface area contributed by atoms with E-state index in [0.29, 0.717) is 6.42 Å². The molecule has 4 heteroatoms. The molecule has 0 aliphatic carbocycles. The zero-order chi connectivity index (χ0) is 8.27. The third kappa shape index (κ3) is 2.23. The number of aliphatic carboxylic acids is 1. The molecular formula is C7H12N2O2. The second-order valence-electron chi connectivity index (χ2n) is 2.68. The van der Waals surface area contributed by atoms with Gasteiger partial charge in [0.2, 0.25) is 0 Å². The Kier molecular flexibility index (Phi) is 2.48. The standard InChI is InChI=1S/C7H12N2O2/c8-6(7(10)11)4-5-2-1-3-9-5/h1,3,5-6,9H,2,4,8H2,(H,10,11). The number of nitrogens with two attached hydrogens (primary N) is 1. The number of carboxylic acid groups (broad SMARTS) is 1. The second-order valence-corrected chi connectivity index (χ2v) is 2.68. The van der Waals surface area contributed by atoms with Gasteiger partial charge >= 0.3 is 5.97 Å². The number of rotatable bonds is 3. The Morgan fingerprint density at radius 1 is 1.91 bits per heavy atom. The summed E-state index contributed by atoms with van der Waals surface area (Å²) in [5.41, 5.74) is 5.33. The van der Waals surface area contributed by atoms with Gasteiger partial charge in [-0.05, 0) is 19.0 Å². The van der Waals surface area contributed by atoms with E-state index in [2.05, 4.69) is 5.32 Å². The number of hydrogen-bond donors (Lipinski definition) is 3. The van der Waals surface area contributed by atoms with Gasteiger partial charge in [0.15, 0.2) is 0 Å². The van der Waals surface area contributed by atoms with E-state index < -0.39 is 12.0 Å². The molecule has 4 N–H and O–H groups in total. The van der Waals surface area contributed by atoms with Gasteiger partial charge in [-0.25, -0.2) is 0 Å². The summed E-state index contributed by atoms with van der Waals surface area (Å²) in [6.07, 6.45) is 5.17. The van der Waals surface area contributed by atoms with Crippen LogP contribution in [-0.4, -0.2) is 23.2 Å². The van der Waals surface area contributed by atoms with E-state index in [1.54, 1.807) is 0 Å². The highest BCUT2D eigenvalue weighted by Crippen LogP contribution is 2.07. The second kappa shape index (κ2) is 3.39. The van der Waals surface area contributed by atoms with Crippen LogP contribution in [0, 0.1) is 0 Å². The molecule has 1 aliphatic rings. The fraction of sp³-hybridized carbons (Fsp3) is 0.571. The van der Waals surface area contributed by atoms with Crippen LogP contribution >= 0.6 is 0 Å². The Morgan fingerprint density at radius 3 is 3.09 bits per heavy atom. The van der Waals surface area contributed by atoms with Gasteiger partial charge in [-0.1, -0.05) is 6.08 Å². The average Bonchev–Trinajstić information content (AvgIpc) is 2.39. The molecule has 0 radical (unpaired) electrons. The molecule has 0 saturated carbocycles. The zero-order valence-corrected chi connectivity index (χ0v) is 6.16. The van der Waals surface area contributed by atoms with Crippen LogP contribution in [-0.2, 0) is 4.79 Å². The summed E-state index contributed by atoms with van der Waals surface area (Å²) in [7, 11) is 0. The van der Waals surface area contributed by atoms with Crippen molar-refractivity contribution in [2.45, 2.75) is 24.9 Å². The lowest BCUT2D eigenvalue weighted by atomic mass is 10.1. The van der Waals surface area contributed by atoms with Crippen LogP contribution < -0.4 is 11.1 Å². The van der Waals surface area contributed by atoms with Crippen molar-refractivity contribution in [2.24, 2.45) is 5.73 Å². The van der Waals surface area contributed by atoms with Crippen molar-refractivity contribution in [1.29, 1.82) is 0 Å². The highest BCUT2D eigenvalue weighted by atomic mass is 16.4. The largest absolute Gasteiger partial charge is 0.480 e. The Morgan fingerprint density at radius 2 is 2.64 bits per heavy atom. The topological polar surface area (TPSA) is 75.3 Å². The molecule has 0 bridgehead atoms. The van der Waals surface area contributed by atoms with E-state index in [4.69, 9.17) is 10.8 Å². The van der Waals surface area contributed by atoms with E-state index in [-0.39, 0.29) is 6.04 Å². The molecule has 4 nitrogen and oxygen atoms in total. The fourth-order valence-electron chi connectivity index (χ4n) is 1.08. The molecule has 0 fully saturated rings. The quantitative estimate of drug-likeness (QED) is 0.522. The van der Waals surface area contributed by atoms with Gasteiger partial charge < -0.3 is 16.2 Å². The lowest BCUT2D eigenvalue weighted by molar-refractivity contribution is -0.138. The van der Waals surface area contributed by atoms with Crippen LogP contribution in [0.15, 0.2) is 12.3 Å². The maximum absolute atomic E-state index is 10.3. The van der Waals surface area contributed by atoms with Crippen LogP contribution in [0.1, 0.15) is 12.8 Å². The van der Waals surface area contributed by atoms with Crippen molar-refractivity contribution in [2.75, 3.05) is 0 Å². The zero-order valence-electron chi connectivity index (χ0n) is 6.16. The van der Waals surface area contributed by atoms with Crippen molar-refractivity contribution in [3.63, 3.8) is 0 Å². The Balaban J connectivity index is 2.25. The molecule has 2 unspecified atom stereocenters.